The van der Waals surface area contributed by atoms with Gasteiger partial charge in [0.2, 0.25) is 0 Å². The molecule has 0 aliphatic heterocycles. The second-order valence-electron chi connectivity index (χ2n) is 21.4. The Morgan fingerprint density at radius 3 is 0.907 bits per heavy atom. The summed E-state index contributed by atoms with van der Waals surface area (Å²) >= 11 is 0. The summed E-state index contributed by atoms with van der Waals surface area (Å²) in [6, 6.07) is 0. The van der Waals surface area contributed by atoms with Crippen molar-refractivity contribution < 1.29 is 71.6 Å². The van der Waals surface area contributed by atoms with Crippen LogP contribution in [0.15, 0.2) is 0 Å². The normalized spacial score (nSPS) is 15.6. The van der Waals surface area contributed by atoms with Gasteiger partial charge in [0.15, 0.2) is 44.0 Å². The average molecular weight is 1080 g/mol. The SMILES string of the molecule is CCC(CO)OC(CC)OC(CC)OC(CC)OC(CC)OC(CC)OC(CC)OC(CC)OC(C)COC(=O)C(C)(C)CC.CCCCCCCCOC(=O)C(C)(C)CC.CCCCCCOC(=O)C(C)(C)CC. The molecule has 0 spiro atoms. The van der Waals surface area contributed by atoms with Crippen LogP contribution in [0.5, 0.6) is 0 Å². The monoisotopic (exact) mass is 1080 g/mol. The molecule has 0 saturated heterocycles. The quantitative estimate of drug-likeness (QED) is 0.0264. The lowest BCUT2D eigenvalue weighted by molar-refractivity contribution is -0.358. The summed E-state index contributed by atoms with van der Waals surface area (Å²) in [5, 5.41) is 9.51. The third-order valence-electron chi connectivity index (χ3n) is 13.3. The number of esters is 3. The van der Waals surface area contributed by atoms with Crippen molar-refractivity contribution in [2.75, 3.05) is 26.4 Å². The van der Waals surface area contributed by atoms with Crippen LogP contribution in [-0.4, -0.2) is 106 Å². The maximum Gasteiger partial charge on any atom is 0.311 e. The number of unbranched alkanes of at least 4 members (excludes halogenated alkanes) is 8. The summed E-state index contributed by atoms with van der Waals surface area (Å²) in [4.78, 5) is 35.4. The minimum absolute atomic E-state index is 0.0523. The highest BCUT2D eigenvalue weighted by molar-refractivity contribution is 5.76. The molecule has 0 heterocycles. The van der Waals surface area contributed by atoms with Crippen LogP contribution >= 0.6 is 0 Å². The van der Waals surface area contributed by atoms with E-state index in [1.54, 1.807) is 0 Å². The first kappa shape index (κ1) is 77.3. The number of ether oxygens (including phenoxy) is 11. The summed E-state index contributed by atoms with van der Waals surface area (Å²) in [6.07, 6.45) is 14.7. The van der Waals surface area contributed by atoms with Gasteiger partial charge in [0.05, 0.1) is 48.3 Å². The third kappa shape index (κ3) is 38.3. The maximum atomic E-state index is 12.3. The van der Waals surface area contributed by atoms with E-state index in [0.29, 0.717) is 71.0 Å². The Kier molecular flexibility index (Phi) is 48.3. The standard InChI is InChI=1S/C34H68O11.C14H28O2.C12H24O2/c1-13-25(22-35)39-27(15-3)41-29(17-5)43-31(19-7)45-32(20-8)44-30(18-6)42-28(16-4)40-26(14-2)38-24(10)23-37-33(36)34(11,12)21-9;1-5-7-8-9-10-11-12-16-13(15)14(3,4)6-2;1-5-7-8-9-10-14-11(13)12(3,4)6-2/h24-32,35H,13-23H2,1-12H3;5-12H2,1-4H3;5-10H2,1-4H3. The molecule has 450 valence electrons. The Morgan fingerprint density at radius 2 is 0.627 bits per heavy atom. The highest BCUT2D eigenvalue weighted by Gasteiger charge is 2.31. The van der Waals surface area contributed by atoms with Gasteiger partial charge < -0.3 is 57.2 Å². The lowest BCUT2D eigenvalue weighted by Gasteiger charge is -2.32. The molecule has 0 aliphatic rings. The van der Waals surface area contributed by atoms with Gasteiger partial charge in [0, 0.05) is 0 Å². The zero-order chi connectivity index (χ0) is 57.9. The van der Waals surface area contributed by atoms with E-state index < -0.39 is 49.4 Å². The van der Waals surface area contributed by atoms with Crippen molar-refractivity contribution in [1.29, 1.82) is 0 Å². The fraction of sp³-hybridized carbons (Fsp3) is 0.950. The summed E-state index contributed by atoms with van der Waals surface area (Å²) < 4.78 is 64.9. The number of carbonyl (C=O) groups is 3. The molecule has 0 saturated carbocycles. The second kappa shape index (κ2) is 46.9. The third-order valence-corrected chi connectivity index (χ3v) is 13.3. The molecule has 0 amide bonds. The van der Waals surface area contributed by atoms with Crippen molar-refractivity contribution in [3.8, 4) is 0 Å². The van der Waals surface area contributed by atoms with Gasteiger partial charge >= 0.3 is 17.9 Å². The number of aliphatic hydroxyl groups is 1. The van der Waals surface area contributed by atoms with Gasteiger partial charge in [0.25, 0.3) is 0 Å². The first-order valence-electron chi connectivity index (χ1n) is 29.8. The van der Waals surface area contributed by atoms with E-state index in [1.165, 1.54) is 44.9 Å². The Morgan fingerprint density at radius 1 is 0.360 bits per heavy atom. The van der Waals surface area contributed by atoms with Crippen LogP contribution in [0.1, 0.15) is 273 Å². The summed E-state index contributed by atoms with van der Waals surface area (Å²) in [7, 11) is 0. The Labute approximate surface area is 460 Å². The topological polar surface area (TPSA) is 173 Å². The number of carbonyl (C=O) groups excluding carboxylic acids is 3. The summed E-state index contributed by atoms with van der Waals surface area (Å²) in [5.74, 6) is -0.351. The number of aliphatic hydroxyl groups excluding tert-OH is 1. The summed E-state index contributed by atoms with van der Waals surface area (Å²) in [6.45, 7) is 40.8. The molecule has 0 bridgehead atoms. The Hall–Kier alpha value is -1.95. The van der Waals surface area contributed by atoms with E-state index in [0.717, 1.165) is 32.1 Å². The van der Waals surface area contributed by atoms with E-state index in [4.69, 9.17) is 52.1 Å². The van der Waals surface area contributed by atoms with Gasteiger partial charge in [-0.3, -0.25) is 14.4 Å². The maximum absolute atomic E-state index is 12.3. The molecule has 9 unspecified atom stereocenters. The van der Waals surface area contributed by atoms with Crippen LogP contribution < -0.4 is 0 Å². The Bertz CT molecular complexity index is 1340. The fourth-order valence-corrected chi connectivity index (χ4v) is 6.32. The molecule has 15 heteroatoms. The average Bonchev–Trinajstić information content (AvgIpc) is 3.41. The van der Waals surface area contributed by atoms with E-state index in [2.05, 4.69) is 13.8 Å². The van der Waals surface area contributed by atoms with Gasteiger partial charge in [-0.15, -0.1) is 0 Å². The predicted octanol–water partition coefficient (Wildman–Crippen LogP) is 15.3. The molecular weight excluding hydrogens is 961 g/mol. The molecule has 0 aromatic carbocycles. The first-order chi connectivity index (χ1) is 35.5. The minimum Gasteiger partial charge on any atom is -0.465 e. The number of hydrogen-bond acceptors (Lipinski definition) is 15. The molecule has 1 N–H and O–H groups in total. The highest BCUT2D eigenvalue weighted by atomic mass is 16.9. The lowest BCUT2D eigenvalue weighted by Crippen LogP contribution is -2.38. The molecule has 0 aromatic heterocycles. The van der Waals surface area contributed by atoms with E-state index in [-0.39, 0.29) is 54.2 Å². The van der Waals surface area contributed by atoms with Crippen LogP contribution in [0.3, 0.4) is 0 Å². The van der Waals surface area contributed by atoms with Crippen molar-refractivity contribution in [3.63, 3.8) is 0 Å². The van der Waals surface area contributed by atoms with Crippen molar-refractivity contribution >= 4 is 17.9 Å². The van der Waals surface area contributed by atoms with Crippen molar-refractivity contribution in [2.45, 2.75) is 330 Å². The van der Waals surface area contributed by atoms with Crippen LogP contribution in [-0.2, 0) is 66.5 Å². The number of hydrogen-bond donors (Lipinski definition) is 1. The van der Waals surface area contributed by atoms with Crippen LogP contribution in [0, 0.1) is 16.2 Å². The van der Waals surface area contributed by atoms with Gasteiger partial charge in [-0.1, -0.05) is 141 Å². The van der Waals surface area contributed by atoms with E-state index in [1.807, 2.05) is 125 Å². The zero-order valence-corrected chi connectivity index (χ0v) is 52.0. The predicted molar refractivity (Wildman–Crippen MR) is 300 cm³/mol. The highest BCUT2D eigenvalue weighted by Crippen LogP contribution is 2.25. The molecular formula is C60H120O15. The van der Waals surface area contributed by atoms with Crippen molar-refractivity contribution in [3.05, 3.63) is 0 Å². The van der Waals surface area contributed by atoms with Gasteiger partial charge in [0.1, 0.15) is 6.61 Å². The molecule has 9 atom stereocenters. The molecule has 15 nitrogen and oxygen atoms in total. The molecule has 0 aliphatic carbocycles. The number of rotatable bonds is 45. The Balaban J connectivity index is -0.00000139. The second-order valence-corrected chi connectivity index (χ2v) is 21.4. The minimum atomic E-state index is -0.579. The first-order valence-corrected chi connectivity index (χ1v) is 29.8. The molecule has 75 heavy (non-hydrogen) atoms. The largest absolute Gasteiger partial charge is 0.465 e. The van der Waals surface area contributed by atoms with Gasteiger partial charge in [-0.2, -0.15) is 0 Å². The zero-order valence-electron chi connectivity index (χ0n) is 52.0. The van der Waals surface area contributed by atoms with Crippen LogP contribution in [0.4, 0.5) is 0 Å². The van der Waals surface area contributed by atoms with E-state index >= 15 is 0 Å². The van der Waals surface area contributed by atoms with Gasteiger partial charge in [-0.05, 0) is 132 Å². The van der Waals surface area contributed by atoms with Crippen LogP contribution in [0.2, 0.25) is 0 Å². The van der Waals surface area contributed by atoms with Crippen LogP contribution in [0.25, 0.3) is 0 Å². The fourth-order valence-electron chi connectivity index (χ4n) is 6.32. The lowest BCUT2D eigenvalue weighted by atomic mass is 9.91. The summed E-state index contributed by atoms with van der Waals surface area (Å²) in [5.41, 5.74) is -1.16. The van der Waals surface area contributed by atoms with E-state index in [9.17, 15) is 19.5 Å². The molecule has 0 fully saturated rings. The molecule has 0 aromatic rings. The van der Waals surface area contributed by atoms with Crippen molar-refractivity contribution in [1.82, 2.24) is 0 Å². The van der Waals surface area contributed by atoms with Gasteiger partial charge in [-0.25, -0.2) is 0 Å². The smallest absolute Gasteiger partial charge is 0.311 e. The molecule has 0 radical (unpaired) electrons. The molecule has 0 rings (SSSR count). The van der Waals surface area contributed by atoms with Crippen molar-refractivity contribution in [2.24, 2.45) is 16.2 Å².